The SMILES string of the molecule is CCOC(=O)C1=C(c2ccccc2)N=c2s/c(=C/c3cc(C)n(-c4cccnc4)c3C)c(=O)n2[C@@H]1c1ccc(C(C)C)cc1. The Morgan fingerprint density at radius 1 is 1.05 bits per heavy atom. The average molecular weight is 603 g/mol. The molecule has 1 aliphatic rings. The number of rotatable bonds is 7. The van der Waals surface area contributed by atoms with Gasteiger partial charge in [-0.25, -0.2) is 9.79 Å². The number of carbonyl (C=O) groups excluding carboxylic acids is 1. The lowest BCUT2D eigenvalue weighted by atomic mass is 9.91. The van der Waals surface area contributed by atoms with Crippen LogP contribution in [0.15, 0.2) is 101 Å². The van der Waals surface area contributed by atoms with E-state index < -0.39 is 12.0 Å². The van der Waals surface area contributed by atoms with Gasteiger partial charge in [0.15, 0.2) is 4.80 Å². The standard InChI is InChI=1S/C36H34N4O3S/c1-6-43-35(42)31-32(26-11-8-7-9-12-26)38-36-40(33(31)27-16-14-25(15-17-27)22(2)3)34(41)30(44-36)20-28-19-23(4)39(24(28)5)29-13-10-18-37-21-29/h7-22,33H,6H2,1-5H3/b30-20+/t33-/m1/s1. The zero-order valence-corrected chi connectivity index (χ0v) is 26.3. The van der Waals surface area contributed by atoms with Crippen molar-refractivity contribution < 1.29 is 9.53 Å². The lowest BCUT2D eigenvalue weighted by Gasteiger charge is -2.26. The van der Waals surface area contributed by atoms with E-state index in [9.17, 15) is 9.59 Å². The predicted octanol–water partition coefficient (Wildman–Crippen LogP) is 5.86. The quantitative estimate of drug-likeness (QED) is 0.219. The first-order chi connectivity index (χ1) is 21.3. The maximum Gasteiger partial charge on any atom is 0.338 e. The number of pyridine rings is 1. The minimum absolute atomic E-state index is 0.202. The van der Waals surface area contributed by atoms with E-state index in [1.807, 2.05) is 80.7 Å². The normalized spacial score (nSPS) is 15.0. The summed E-state index contributed by atoms with van der Waals surface area (Å²) in [5, 5.41) is 0. The number of ether oxygens (including phenoxy) is 1. The zero-order chi connectivity index (χ0) is 31.0. The molecule has 1 aliphatic heterocycles. The largest absolute Gasteiger partial charge is 0.463 e. The van der Waals surface area contributed by atoms with Crippen molar-refractivity contribution in [1.82, 2.24) is 14.1 Å². The van der Waals surface area contributed by atoms with Crippen LogP contribution >= 0.6 is 11.3 Å². The highest BCUT2D eigenvalue weighted by Crippen LogP contribution is 2.35. The van der Waals surface area contributed by atoms with Gasteiger partial charge < -0.3 is 9.30 Å². The highest BCUT2D eigenvalue weighted by molar-refractivity contribution is 7.07. The summed E-state index contributed by atoms with van der Waals surface area (Å²) >= 11 is 1.33. The van der Waals surface area contributed by atoms with E-state index in [2.05, 4.69) is 41.6 Å². The Morgan fingerprint density at radius 3 is 2.45 bits per heavy atom. The van der Waals surface area contributed by atoms with E-state index in [4.69, 9.17) is 9.73 Å². The van der Waals surface area contributed by atoms with E-state index in [1.54, 1.807) is 17.7 Å². The number of fused-ring (bicyclic) bond motifs is 1. The van der Waals surface area contributed by atoms with Crippen LogP contribution in [0.2, 0.25) is 0 Å². The number of carbonyl (C=O) groups is 1. The molecule has 0 fully saturated rings. The molecule has 0 N–H and O–H groups in total. The van der Waals surface area contributed by atoms with E-state index in [0.29, 0.717) is 26.5 Å². The molecule has 2 aromatic carbocycles. The predicted molar refractivity (Wildman–Crippen MR) is 175 cm³/mol. The van der Waals surface area contributed by atoms with Gasteiger partial charge in [-0.3, -0.25) is 14.3 Å². The maximum atomic E-state index is 14.3. The molecule has 1 atom stereocenters. The van der Waals surface area contributed by atoms with Crippen molar-refractivity contribution in [3.63, 3.8) is 0 Å². The molecule has 7 nitrogen and oxygen atoms in total. The number of aryl methyl sites for hydroxylation is 1. The third-order valence-corrected chi connectivity index (χ3v) is 8.94. The third kappa shape index (κ3) is 5.26. The molecule has 222 valence electrons. The molecule has 6 rings (SSSR count). The maximum absolute atomic E-state index is 14.3. The van der Waals surface area contributed by atoms with Crippen LogP contribution in [-0.2, 0) is 9.53 Å². The second kappa shape index (κ2) is 12.1. The van der Waals surface area contributed by atoms with Gasteiger partial charge in [0, 0.05) is 23.1 Å². The minimum atomic E-state index is -0.702. The van der Waals surface area contributed by atoms with Gasteiger partial charge in [-0.1, -0.05) is 79.8 Å². The molecule has 0 bridgehead atoms. The minimum Gasteiger partial charge on any atom is -0.463 e. The van der Waals surface area contributed by atoms with Crippen LogP contribution < -0.4 is 14.9 Å². The molecule has 8 heteroatoms. The number of nitrogens with zero attached hydrogens (tertiary/aromatic N) is 4. The Kier molecular flexibility index (Phi) is 8.01. The van der Waals surface area contributed by atoms with Gasteiger partial charge in [-0.2, -0.15) is 0 Å². The highest BCUT2D eigenvalue weighted by atomic mass is 32.1. The van der Waals surface area contributed by atoms with Gasteiger partial charge in [-0.05, 0) is 67.7 Å². The monoisotopic (exact) mass is 602 g/mol. The number of hydrogen-bond acceptors (Lipinski definition) is 6. The third-order valence-electron chi connectivity index (χ3n) is 7.95. The van der Waals surface area contributed by atoms with Crippen molar-refractivity contribution in [1.29, 1.82) is 0 Å². The van der Waals surface area contributed by atoms with Crippen molar-refractivity contribution in [3.05, 3.63) is 144 Å². The fraction of sp³-hybridized carbons (Fsp3) is 0.222. The Balaban J connectivity index is 1.60. The molecule has 0 amide bonds. The topological polar surface area (TPSA) is 78.5 Å². The second-order valence-corrected chi connectivity index (χ2v) is 12.1. The summed E-state index contributed by atoms with van der Waals surface area (Å²) in [7, 11) is 0. The second-order valence-electron chi connectivity index (χ2n) is 11.1. The number of aromatic nitrogens is 3. The first kappa shape index (κ1) is 29.3. The van der Waals surface area contributed by atoms with Crippen LogP contribution in [0, 0.1) is 13.8 Å². The molecule has 0 spiro atoms. The Labute approximate surface area is 260 Å². The van der Waals surface area contributed by atoms with E-state index in [-0.39, 0.29) is 12.2 Å². The van der Waals surface area contributed by atoms with Crippen LogP contribution in [-0.4, -0.2) is 26.7 Å². The van der Waals surface area contributed by atoms with Gasteiger partial charge >= 0.3 is 5.97 Å². The summed E-state index contributed by atoms with van der Waals surface area (Å²) in [6, 6.07) is 23.0. The van der Waals surface area contributed by atoms with Crippen molar-refractivity contribution in [2.45, 2.75) is 46.6 Å². The first-order valence-corrected chi connectivity index (χ1v) is 15.6. The van der Waals surface area contributed by atoms with E-state index in [0.717, 1.165) is 33.8 Å². The molecule has 0 saturated heterocycles. The number of hydrogen-bond donors (Lipinski definition) is 0. The molecule has 5 aromatic rings. The fourth-order valence-corrected chi connectivity index (χ4v) is 6.77. The van der Waals surface area contributed by atoms with Gasteiger partial charge in [0.25, 0.3) is 5.56 Å². The van der Waals surface area contributed by atoms with Crippen molar-refractivity contribution in [2.75, 3.05) is 6.61 Å². The van der Waals surface area contributed by atoms with Crippen LogP contribution in [0.1, 0.15) is 66.4 Å². The van der Waals surface area contributed by atoms with Crippen LogP contribution in [0.5, 0.6) is 0 Å². The van der Waals surface area contributed by atoms with Crippen molar-refractivity contribution in [3.8, 4) is 5.69 Å². The Hall–Kier alpha value is -4.82. The lowest BCUT2D eigenvalue weighted by Crippen LogP contribution is -2.40. The Morgan fingerprint density at radius 2 is 1.80 bits per heavy atom. The molecule has 44 heavy (non-hydrogen) atoms. The summed E-state index contributed by atoms with van der Waals surface area (Å²) in [6.07, 6.45) is 5.50. The summed E-state index contributed by atoms with van der Waals surface area (Å²) < 4.78 is 9.91. The molecule has 4 heterocycles. The van der Waals surface area contributed by atoms with E-state index in [1.165, 1.54) is 16.9 Å². The molecule has 0 aliphatic carbocycles. The average Bonchev–Trinajstić information content (AvgIpc) is 3.50. The van der Waals surface area contributed by atoms with E-state index >= 15 is 0 Å². The van der Waals surface area contributed by atoms with Crippen molar-refractivity contribution >= 4 is 29.1 Å². The summed E-state index contributed by atoms with van der Waals surface area (Å²) in [4.78, 5) is 37.8. The summed E-state index contributed by atoms with van der Waals surface area (Å²) in [6.45, 7) is 10.3. The number of thiazole rings is 1. The van der Waals surface area contributed by atoms with Gasteiger partial charge in [0.2, 0.25) is 0 Å². The molecule has 0 unspecified atom stereocenters. The fourth-order valence-electron chi connectivity index (χ4n) is 5.78. The van der Waals surface area contributed by atoms with Crippen molar-refractivity contribution in [2.24, 2.45) is 4.99 Å². The summed E-state index contributed by atoms with van der Waals surface area (Å²) in [5.74, 6) is -0.140. The van der Waals surface area contributed by atoms with Crippen LogP contribution in [0.25, 0.3) is 17.5 Å². The van der Waals surface area contributed by atoms with Crippen LogP contribution in [0.4, 0.5) is 0 Å². The summed E-state index contributed by atoms with van der Waals surface area (Å²) in [5.41, 5.74) is 7.38. The zero-order valence-electron chi connectivity index (χ0n) is 25.4. The molecule has 0 radical (unpaired) electrons. The van der Waals surface area contributed by atoms with Crippen LogP contribution in [0.3, 0.4) is 0 Å². The lowest BCUT2D eigenvalue weighted by molar-refractivity contribution is -0.138. The first-order valence-electron chi connectivity index (χ1n) is 14.8. The number of esters is 1. The number of benzene rings is 2. The van der Waals surface area contributed by atoms with Gasteiger partial charge in [0.05, 0.1) is 40.3 Å². The Bertz CT molecular complexity index is 2050. The molecule has 3 aromatic heterocycles. The smallest absolute Gasteiger partial charge is 0.338 e. The van der Waals surface area contributed by atoms with Gasteiger partial charge in [-0.15, -0.1) is 0 Å². The molecular formula is C36H34N4O3S. The molecular weight excluding hydrogens is 568 g/mol. The molecule has 0 saturated carbocycles. The highest BCUT2D eigenvalue weighted by Gasteiger charge is 2.35. The van der Waals surface area contributed by atoms with Gasteiger partial charge in [0.1, 0.15) is 0 Å².